The fourth-order valence-electron chi connectivity index (χ4n) is 1.75. The second-order valence-corrected chi connectivity index (χ2v) is 5.30. The van der Waals surface area contributed by atoms with Crippen LogP contribution in [0.15, 0.2) is 24.3 Å². The topological polar surface area (TPSA) is 43.4 Å². The SMILES string of the molecule is CC(=O)SCCC=Cc1ccc2c(c1)COC2=O. The number of cyclic esters (lactones) is 1. The molecule has 1 aromatic carbocycles. The summed E-state index contributed by atoms with van der Waals surface area (Å²) in [5.41, 5.74) is 2.67. The number of fused-ring (bicyclic) bond motifs is 1. The third-order valence-corrected chi connectivity index (χ3v) is 3.45. The zero-order chi connectivity index (χ0) is 13.0. The molecule has 0 spiro atoms. The maximum absolute atomic E-state index is 11.3. The molecule has 0 amide bonds. The van der Waals surface area contributed by atoms with Gasteiger partial charge in [0.2, 0.25) is 0 Å². The summed E-state index contributed by atoms with van der Waals surface area (Å²) < 4.78 is 4.94. The maximum atomic E-state index is 11.3. The molecule has 0 aromatic heterocycles. The van der Waals surface area contributed by atoms with Gasteiger partial charge in [-0.3, -0.25) is 4.79 Å². The van der Waals surface area contributed by atoms with E-state index in [1.165, 1.54) is 11.8 Å². The summed E-state index contributed by atoms with van der Waals surface area (Å²) in [7, 11) is 0. The Kier molecular flexibility index (Phi) is 4.20. The quantitative estimate of drug-likeness (QED) is 0.618. The molecule has 0 fully saturated rings. The lowest BCUT2D eigenvalue weighted by Gasteiger charge is -1.97. The lowest BCUT2D eigenvalue weighted by atomic mass is 10.1. The van der Waals surface area contributed by atoms with E-state index in [1.54, 1.807) is 13.0 Å². The van der Waals surface area contributed by atoms with E-state index < -0.39 is 0 Å². The zero-order valence-electron chi connectivity index (χ0n) is 10.1. The van der Waals surface area contributed by atoms with Gasteiger partial charge in [-0.1, -0.05) is 30.0 Å². The van der Waals surface area contributed by atoms with Gasteiger partial charge in [-0.15, -0.1) is 0 Å². The van der Waals surface area contributed by atoms with Gasteiger partial charge in [0.25, 0.3) is 0 Å². The highest BCUT2D eigenvalue weighted by Crippen LogP contribution is 2.21. The molecular weight excluding hydrogens is 248 g/mol. The molecule has 18 heavy (non-hydrogen) atoms. The standard InChI is InChI=1S/C14H14O3S/c1-10(15)18-7-3-2-4-11-5-6-13-12(8-11)9-17-14(13)16/h2,4-6,8H,3,7,9H2,1H3. The van der Waals surface area contributed by atoms with Gasteiger partial charge in [0.1, 0.15) is 6.61 Å². The van der Waals surface area contributed by atoms with E-state index >= 15 is 0 Å². The molecule has 0 N–H and O–H groups in total. The van der Waals surface area contributed by atoms with Crippen LogP contribution in [0.5, 0.6) is 0 Å². The van der Waals surface area contributed by atoms with Crippen LogP contribution in [0.1, 0.15) is 34.8 Å². The molecule has 0 saturated heterocycles. The molecule has 1 aliphatic heterocycles. The molecule has 94 valence electrons. The van der Waals surface area contributed by atoms with Crippen LogP contribution >= 0.6 is 11.8 Å². The second kappa shape index (κ2) is 5.87. The summed E-state index contributed by atoms with van der Waals surface area (Å²) in [6.07, 6.45) is 4.90. The van der Waals surface area contributed by atoms with Crippen molar-refractivity contribution >= 4 is 28.9 Å². The number of allylic oxidation sites excluding steroid dienone is 1. The third-order valence-electron chi connectivity index (χ3n) is 2.61. The monoisotopic (exact) mass is 262 g/mol. The van der Waals surface area contributed by atoms with E-state index in [4.69, 9.17) is 4.74 Å². The van der Waals surface area contributed by atoms with Crippen molar-refractivity contribution in [2.24, 2.45) is 0 Å². The Balaban J connectivity index is 1.92. The van der Waals surface area contributed by atoms with Crippen LogP contribution in [0.2, 0.25) is 0 Å². The van der Waals surface area contributed by atoms with E-state index in [0.29, 0.717) is 12.2 Å². The summed E-state index contributed by atoms with van der Waals surface area (Å²) in [5, 5.41) is 0.150. The lowest BCUT2D eigenvalue weighted by molar-refractivity contribution is -0.109. The molecule has 2 rings (SSSR count). The molecular formula is C14H14O3S. The van der Waals surface area contributed by atoms with Crippen LogP contribution in [0, 0.1) is 0 Å². The molecule has 0 aliphatic carbocycles. The van der Waals surface area contributed by atoms with E-state index in [2.05, 4.69) is 0 Å². The van der Waals surface area contributed by atoms with Gasteiger partial charge < -0.3 is 4.74 Å². The van der Waals surface area contributed by atoms with Crippen molar-refractivity contribution in [3.05, 3.63) is 41.0 Å². The minimum Gasteiger partial charge on any atom is -0.457 e. The van der Waals surface area contributed by atoms with Gasteiger partial charge in [0, 0.05) is 18.2 Å². The number of esters is 1. The van der Waals surface area contributed by atoms with Crippen molar-refractivity contribution in [2.75, 3.05) is 5.75 Å². The van der Waals surface area contributed by atoms with Gasteiger partial charge in [0.05, 0.1) is 5.56 Å². The second-order valence-electron chi connectivity index (χ2n) is 4.02. The van der Waals surface area contributed by atoms with Crippen molar-refractivity contribution in [1.29, 1.82) is 0 Å². The van der Waals surface area contributed by atoms with Crippen LogP contribution in [0.3, 0.4) is 0 Å². The Labute approximate surface area is 110 Å². The summed E-state index contributed by atoms with van der Waals surface area (Å²) in [4.78, 5) is 22.0. The number of hydrogen-bond donors (Lipinski definition) is 0. The number of thioether (sulfide) groups is 1. The minimum absolute atomic E-state index is 0.150. The average molecular weight is 262 g/mol. The first-order valence-electron chi connectivity index (χ1n) is 5.77. The Hall–Kier alpha value is -1.55. The van der Waals surface area contributed by atoms with E-state index in [0.717, 1.165) is 23.3 Å². The number of benzene rings is 1. The molecule has 1 heterocycles. The number of ether oxygens (including phenoxy) is 1. The molecule has 1 aliphatic rings. The molecule has 0 bridgehead atoms. The van der Waals surface area contributed by atoms with Crippen LogP contribution < -0.4 is 0 Å². The first-order valence-corrected chi connectivity index (χ1v) is 6.75. The third kappa shape index (κ3) is 3.23. The summed E-state index contributed by atoms with van der Waals surface area (Å²) >= 11 is 1.33. The Bertz CT molecular complexity index is 506. The minimum atomic E-state index is -0.238. The van der Waals surface area contributed by atoms with Gasteiger partial charge >= 0.3 is 5.97 Å². The van der Waals surface area contributed by atoms with Gasteiger partial charge in [-0.25, -0.2) is 4.79 Å². The Morgan fingerprint density at radius 1 is 1.50 bits per heavy atom. The predicted molar refractivity (Wildman–Crippen MR) is 72.4 cm³/mol. The number of carbonyl (C=O) groups excluding carboxylic acids is 2. The summed E-state index contributed by atoms with van der Waals surface area (Å²) in [5.74, 6) is 0.566. The zero-order valence-corrected chi connectivity index (χ0v) is 11.0. The summed E-state index contributed by atoms with van der Waals surface area (Å²) in [6.45, 7) is 1.95. The smallest absolute Gasteiger partial charge is 0.338 e. The van der Waals surface area contributed by atoms with Crippen LogP contribution in [0.25, 0.3) is 6.08 Å². The average Bonchev–Trinajstić information content (AvgIpc) is 2.70. The first kappa shape index (κ1) is 12.9. The van der Waals surface area contributed by atoms with Crippen molar-refractivity contribution in [2.45, 2.75) is 20.0 Å². The van der Waals surface area contributed by atoms with E-state index in [9.17, 15) is 9.59 Å². The molecule has 4 heteroatoms. The van der Waals surface area contributed by atoms with Crippen LogP contribution in [-0.2, 0) is 16.1 Å². The molecule has 1 aromatic rings. The molecule has 0 saturated carbocycles. The fraction of sp³-hybridized carbons (Fsp3) is 0.286. The summed E-state index contributed by atoms with van der Waals surface area (Å²) in [6, 6.07) is 5.67. The first-order chi connectivity index (χ1) is 8.66. The maximum Gasteiger partial charge on any atom is 0.338 e. The van der Waals surface area contributed by atoms with Gasteiger partial charge in [-0.05, 0) is 24.1 Å². The fourth-order valence-corrected chi connectivity index (χ4v) is 2.29. The van der Waals surface area contributed by atoms with Gasteiger partial charge in [0.15, 0.2) is 5.12 Å². The number of carbonyl (C=O) groups is 2. The molecule has 0 radical (unpaired) electrons. The van der Waals surface area contributed by atoms with Crippen molar-refractivity contribution in [3.63, 3.8) is 0 Å². The molecule has 3 nitrogen and oxygen atoms in total. The van der Waals surface area contributed by atoms with Gasteiger partial charge in [-0.2, -0.15) is 0 Å². The molecule has 0 atom stereocenters. The highest BCUT2D eigenvalue weighted by Gasteiger charge is 2.20. The normalized spacial score (nSPS) is 13.7. The van der Waals surface area contributed by atoms with E-state index in [1.807, 2.05) is 24.3 Å². The lowest BCUT2D eigenvalue weighted by Crippen LogP contribution is -1.92. The van der Waals surface area contributed by atoms with Crippen molar-refractivity contribution < 1.29 is 14.3 Å². The van der Waals surface area contributed by atoms with Crippen molar-refractivity contribution in [3.8, 4) is 0 Å². The number of hydrogen-bond acceptors (Lipinski definition) is 4. The Morgan fingerprint density at radius 3 is 3.11 bits per heavy atom. The highest BCUT2D eigenvalue weighted by atomic mass is 32.2. The van der Waals surface area contributed by atoms with E-state index in [-0.39, 0.29) is 11.1 Å². The van der Waals surface area contributed by atoms with Crippen molar-refractivity contribution in [1.82, 2.24) is 0 Å². The predicted octanol–water partition coefficient (Wildman–Crippen LogP) is 3.04. The van der Waals surface area contributed by atoms with Crippen LogP contribution in [0.4, 0.5) is 0 Å². The number of rotatable bonds is 4. The van der Waals surface area contributed by atoms with Crippen LogP contribution in [-0.4, -0.2) is 16.8 Å². The largest absolute Gasteiger partial charge is 0.457 e. The molecule has 0 unspecified atom stereocenters. The Morgan fingerprint density at radius 2 is 2.33 bits per heavy atom. The highest BCUT2D eigenvalue weighted by molar-refractivity contribution is 8.13.